The van der Waals surface area contributed by atoms with Gasteiger partial charge in [0.2, 0.25) is 10.0 Å². The van der Waals surface area contributed by atoms with Crippen LogP contribution in [0.2, 0.25) is 0 Å². The lowest BCUT2D eigenvalue weighted by atomic mass is 10.1. The highest BCUT2D eigenvalue weighted by Gasteiger charge is 2.24. The van der Waals surface area contributed by atoms with Crippen molar-refractivity contribution in [3.05, 3.63) is 27.7 Å². The van der Waals surface area contributed by atoms with Crippen LogP contribution in [0.15, 0.2) is 21.5 Å². The maximum atomic E-state index is 12.7. The van der Waals surface area contributed by atoms with Gasteiger partial charge >= 0.3 is 0 Å². The summed E-state index contributed by atoms with van der Waals surface area (Å²) in [7, 11) is -1.81. The number of hydrogen-bond acceptors (Lipinski definition) is 4. The lowest BCUT2D eigenvalue weighted by Crippen LogP contribution is -2.30. The number of benzene rings is 1. The first-order valence-corrected chi connectivity index (χ1v) is 10.4. The standard InChI is InChI=1S/C14H23BrN2O2S2/c1-5-16-10-12-8-13(15)11(2)14(9-12)21(18,19)17(3)6-7-20-4/h8-9,16H,5-7,10H2,1-4H3. The third kappa shape index (κ3) is 4.96. The van der Waals surface area contributed by atoms with Gasteiger partial charge in [-0.05, 0) is 43.0 Å². The van der Waals surface area contributed by atoms with E-state index in [9.17, 15) is 8.42 Å². The van der Waals surface area contributed by atoms with Crippen molar-refractivity contribution < 1.29 is 8.42 Å². The van der Waals surface area contributed by atoms with Gasteiger partial charge in [-0.3, -0.25) is 0 Å². The summed E-state index contributed by atoms with van der Waals surface area (Å²) in [6.45, 7) is 5.87. The van der Waals surface area contributed by atoms with Crippen molar-refractivity contribution in [3.8, 4) is 0 Å². The molecule has 0 saturated heterocycles. The minimum atomic E-state index is -3.45. The lowest BCUT2D eigenvalue weighted by Gasteiger charge is -2.19. The highest BCUT2D eigenvalue weighted by atomic mass is 79.9. The lowest BCUT2D eigenvalue weighted by molar-refractivity contribution is 0.488. The molecule has 0 amide bonds. The molecule has 0 aromatic heterocycles. The van der Waals surface area contributed by atoms with Gasteiger partial charge in [-0.15, -0.1) is 0 Å². The van der Waals surface area contributed by atoms with Gasteiger partial charge in [0.05, 0.1) is 4.90 Å². The highest BCUT2D eigenvalue weighted by molar-refractivity contribution is 9.10. The van der Waals surface area contributed by atoms with Gasteiger partial charge in [-0.25, -0.2) is 12.7 Å². The van der Waals surface area contributed by atoms with Crippen molar-refractivity contribution in [1.29, 1.82) is 0 Å². The predicted octanol–water partition coefficient (Wildman–Crippen LogP) is 2.85. The van der Waals surface area contributed by atoms with Crippen LogP contribution < -0.4 is 5.32 Å². The molecule has 0 unspecified atom stereocenters. The summed E-state index contributed by atoms with van der Waals surface area (Å²) < 4.78 is 27.7. The van der Waals surface area contributed by atoms with Crippen LogP contribution in [0.1, 0.15) is 18.1 Å². The molecule has 0 aliphatic carbocycles. The highest BCUT2D eigenvalue weighted by Crippen LogP contribution is 2.27. The molecule has 7 heteroatoms. The molecule has 120 valence electrons. The van der Waals surface area contributed by atoms with Gasteiger partial charge in [-0.2, -0.15) is 11.8 Å². The largest absolute Gasteiger partial charge is 0.313 e. The summed E-state index contributed by atoms with van der Waals surface area (Å²) in [5.74, 6) is 0.785. The summed E-state index contributed by atoms with van der Waals surface area (Å²) >= 11 is 5.11. The van der Waals surface area contributed by atoms with Gasteiger partial charge in [-0.1, -0.05) is 22.9 Å². The zero-order valence-corrected chi connectivity index (χ0v) is 16.2. The van der Waals surface area contributed by atoms with Crippen LogP contribution in [0.5, 0.6) is 0 Å². The number of hydrogen-bond donors (Lipinski definition) is 1. The van der Waals surface area contributed by atoms with Gasteiger partial charge < -0.3 is 5.32 Å². The Morgan fingerprint density at radius 3 is 2.62 bits per heavy atom. The number of rotatable bonds is 8. The number of sulfonamides is 1. The molecule has 21 heavy (non-hydrogen) atoms. The molecule has 0 fully saturated rings. The van der Waals surface area contributed by atoms with Crippen LogP contribution in [-0.2, 0) is 16.6 Å². The zero-order valence-electron chi connectivity index (χ0n) is 12.9. The summed E-state index contributed by atoms with van der Waals surface area (Å²) in [4.78, 5) is 0.383. The molecule has 4 nitrogen and oxygen atoms in total. The second-order valence-corrected chi connectivity index (χ2v) is 8.65. The van der Waals surface area contributed by atoms with Crippen molar-refractivity contribution in [3.63, 3.8) is 0 Å². The van der Waals surface area contributed by atoms with E-state index in [-0.39, 0.29) is 0 Å². The Morgan fingerprint density at radius 2 is 2.05 bits per heavy atom. The molecule has 0 bridgehead atoms. The zero-order chi connectivity index (χ0) is 16.0. The van der Waals surface area contributed by atoms with Crippen molar-refractivity contribution in [1.82, 2.24) is 9.62 Å². The molecule has 0 aliphatic heterocycles. The molecule has 0 radical (unpaired) electrons. The van der Waals surface area contributed by atoms with Gasteiger partial charge in [0.1, 0.15) is 0 Å². The Kier molecular flexibility index (Phi) is 7.70. The Bertz CT molecular complexity index is 577. The molecule has 1 N–H and O–H groups in total. The average molecular weight is 395 g/mol. The van der Waals surface area contributed by atoms with Gasteiger partial charge in [0, 0.05) is 30.4 Å². The number of halogens is 1. The van der Waals surface area contributed by atoms with E-state index in [2.05, 4.69) is 21.2 Å². The van der Waals surface area contributed by atoms with Crippen molar-refractivity contribution in [2.45, 2.75) is 25.3 Å². The van der Waals surface area contributed by atoms with Crippen molar-refractivity contribution in [2.75, 3.05) is 32.1 Å². The Hall–Kier alpha value is -0.0800. The second kappa shape index (κ2) is 8.53. The molecule has 1 rings (SSSR count). The summed E-state index contributed by atoms with van der Waals surface area (Å²) in [5.41, 5.74) is 1.72. The Morgan fingerprint density at radius 1 is 1.38 bits per heavy atom. The Balaban J connectivity index is 3.18. The van der Waals surface area contributed by atoms with Crippen molar-refractivity contribution >= 4 is 37.7 Å². The molecule has 0 spiro atoms. The summed E-state index contributed by atoms with van der Waals surface area (Å²) in [5, 5.41) is 3.22. The molecular weight excluding hydrogens is 372 g/mol. The molecule has 0 atom stereocenters. The molecule has 1 aromatic carbocycles. The van der Waals surface area contributed by atoms with E-state index in [0.717, 1.165) is 27.9 Å². The van der Waals surface area contributed by atoms with Crippen LogP contribution in [0, 0.1) is 6.92 Å². The van der Waals surface area contributed by atoms with Crippen LogP contribution in [0.4, 0.5) is 0 Å². The summed E-state index contributed by atoms with van der Waals surface area (Å²) in [6, 6.07) is 3.74. The minimum absolute atomic E-state index is 0.383. The normalized spacial score (nSPS) is 12.1. The SMILES string of the molecule is CCNCc1cc(Br)c(C)c(S(=O)(=O)N(C)CCSC)c1. The third-order valence-corrected chi connectivity index (χ3v) is 6.63. The Labute approximate surface area is 140 Å². The first-order valence-electron chi connectivity index (χ1n) is 6.79. The number of nitrogens with zero attached hydrogens (tertiary/aromatic N) is 1. The van der Waals surface area contributed by atoms with E-state index >= 15 is 0 Å². The van der Waals surface area contributed by atoms with E-state index in [0.29, 0.717) is 18.0 Å². The van der Waals surface area contributed by atoms with E-state index in [1.807, 2.05) is 26.2 Å². The second-order valence-electron chi connectivity index (χ2n) is 4.80. The minimum Gasteiger partial charge on any atom is -0.313 e. The predicted molar refractivity (Wildman–Crippen MR) is 94.5 cm³/mol. The van der Waals surface area contributed by atoms with Crippen molar-refractivity contribution in [2.24, 2.45) is 0 Å². The quantitative estimate of drug-likeness (QED) is 0.736. The van der Waals surface area contributed by atoms with E-state index in [4.69, 9.17) is 0 Å². The van der Waals surface area contributed by atoms with Gasteiger partial charge in [0.25, 0.3) is 0 Å². The van der Waals surface area contributed by atoms with E-state index in [1.165, 1.54) is 4.31 Å². The van der Waals surface area contributed by atoms with Gasteiger partial charge in [0.15, 0.2) is 0 Å². The fourth-order valence-corrected chi connectivity index (χ4v) is 4.53. The third-order valence-electron chi connectivity index (χ3n) is 3.23. The number of thioether (sulfide) groups is 1. The van der Waals surface area contributed by atoms with Crippen LogP contribution in [0.25, 0.3) is 0 Å². The molecule has 0 heterocycles. The molecule has 0 saturated carbocycles. The first-order chi connectivity index (χ1) is 9.84. The maximum Gasteiger partial charge on any atom is 0.243 e. The monoisotopic (exact) mass is 394 g/mol. The van der Waals surface area contributed by atoms with E-state index in [1.54, 1.807) is 24.9 Å². The molecule has 0 aliphatic rings. The topological polar surface area (TPSA) is 49.4 Å². The fourth-order valence-electron chi connectivity index (χ4n) is 1.85. The van der Waals surface area contributed by atoms with Crippen LogP contribution in [0.3, 0.4) is 0 Å². The van der Waals surface area contributed by atoms with Crippen LogP contribution >= 0.6 is 27.7 Å². The molecule has 1 aromatic rings. The van der Waals surface area contributed by atoms with Crippen LogP contribution in [-0.4, -0.2) is 44.9 Å². The smallest absolute Gasteiger partial charge is 0.243 e. The fraction of sp³-hybridized carbons (Fsp3) is 0.571. The summed E-state index contributed by atoms with van der Waals surface area (Å²) in [6.07, 6.45) is 1.97. The first kappa shape index (κ1) is 19.0. The molecular formula is C14H23BrN2O2S2. The van der Waals surface area contributed by atoms with E-state index < -0.39 is 10.0 Å². The maximum absolute atomic E-state index is 12.7. The average Bonchev–Trinajstić information content (AvgIpc) is 2.45. The number of nitrogens with one attached hydrogen (secondary N) is 1.